The Hall–Kier alpha value is -1.16. The lowest BCUT2D eigenvalue weighted by atomic mass is 9.79. The largest absolute Gasteiger partial charge is 0.496 e. The average Bonchev–Trinajstić information content (AvgIpc) is 3.01. The number of hydrogen-bond acceptors (Lipinski definition) is 2. The molecule has 1 aliphatic rings. The van der Waals surface area contributed by atoms with Gasteiger partial charge in [0.15, 0.2) is 11.6 Å². The molecule has 17 heavy (non-hydrogen) atoms. The molecule has 0 saturated heterocycles. The predicted octanol–water partition coefficient (Wildman–Crippen LogP) is 2.74. The Morgan fingerprint density at radius 1 is 1.24 bits per heavy atom. The quantitative estimate of drug-likeness (QED) is 0.883. The summed E-state index contributed by atoms with van der Waals surface area (Å²) in [4.78, 5) is 0. The first kappa shape index (κ1) is 12.3. The van der Waals surface area contributed by atoms with Crippen molar-refractivity contribution in [3.8, 4) is 5.75 Å². The number of methoxy groups -OCH3 is 1. The van der Waals surface area contributed by atoms with Crippen molar-refractivity contribution >= 4 is 0 Å². The Bertz CT molecular complexity index is 447. The summed E-state index contributed by atoms with van der Waals surface area (Å²) >= 11 is 0. The van der Waals surface area contributed by atoms with Crippen molar-refractivity contribution in [3.63, 3.8) is 0 Å². The molecule has 0 amide bonds. The molecule has 0 aliphatic heterocycles. The van der Waals surface area contributed by atoms with E-state index >= 15 is 0 Å². The normalized spacial score (nSPS) is 18.0. The van der Waals surface area contributed by atoms with E-state index in [1.165, 1.54) is 13.2 Å². The van der Waals surface area contributed by atoms with Gasteiger partial charge in [0.2, 0.25) is 0 Å². The van der Waals surface area contributed by atoms with Crippen LogP contribution in [0.2, 0.25) is 0 Å². The standard InChI is InChI=1S/C13H17F2NO/c1-12(2,16)13(4-5-13)8-6-9(14)10(15)7-11(8)17-3/h6-7H,4-5,16H2,1-3H3. The van der Waals surface area contributed by atoms with E-state index < -0.39 is 17.2 Å². The molecular weight excluding hydrogens is 224 g/mol. The first-order chi connectivity index (χ1) is 7.82. The molecule has 1 fully saturated rings. The van der Waals surface area contributed by atoms with Gasteiger partial charge in [-0.25, -0.2) is 8.78 Å². The Kier molecular flexibility index (Phi) is 2.65. The van der Waals surface area contributed by atoms with Crippen molar-refractivity contribution in [2.45, 2.75) is 37.6 Å². The van der Waals surface area contributed by atoms with Gasteiger partial charge in [-0.05, 0) is 32.8 Å². The lowest BCUT2D eigenvalue weighted by molar-refractivity contribution is 0.353. The van der Waals surface area contributed by atoms with Crippen LogP contribution in [-0.2, 0) is 5.41 Å². The first-order valence-corrected chi connectivity index (χ1v) is 5.64. The summed E-state index contributed by atoms with van der Waals surface area (Å²) in [7, 11) is 1.45. The smallest absolute Gasteiger partial charge is 0.162 e. The van der Waals surface area contributed by atoms with Crippen LogP contribution in [0.4, 0.5) is 8.78 Å². The maximum absolute atomic E-state index is 13.4. The van der Waals surface area contributed by atoms with Gasteiger partial charge in [-0.1, -0.05) is 0 Å². The van der Waals surface area contributed by atoms with E-state index in [0.717, 1.165) is 18.9 Å². The lowest BCUT2D eigenvalue weighted by Crippen LogP contribution is -2.45. The third-order valence-corrected chi connectivity index (χ3v) is 3.74. The first-order valence-electron chi connectivity index (χ1n) is 5.64. The zero-order valence-electron chi connectivity index (χ0n) is 10.3. The van der Waals surface area contributed by atoms with Crippen LogP contribution in [0.5, 0.6) is 5.75 Å². The van der Waals surface area contributed by atoms with E-state index in [0.29, 0.717) is 11.3 Å². The second kappa shape index (κ2) is 3.67. The molecule has 2 N–H and O–H groups in total. The van der Waals surface area contributed by atoms with Crippen LogP contribution in [-0.4, -0.2) is 12.6 Å². The summed E-state index contributed by atoms with van der Waals surface area (Å²) in [5.74, 6) is -1.37. The summed E-state index contributed by atoms with van der Waals surface area (Å²) in [6.07, 6.45) is 1.75. The van der Waals surface area contributed by atoms with Crippen molar-refractivity contribution < 1.29 is 13.5 Å². The molecule has 2 nitrogen and oxygen atoms in total. The topological polar surface area (TPSA) is 35.2 Å². The minimum atomic E-state index is -0.892. The number of benzene rings is 1. The number of rotatable bonds is 3. The van der Waals surface area contributed by atoms with Gasteiger partial charge in [-0.15, -0.1) is 0 Å². The lowest BCUT2D eigenvalue weighted by Gasteiger charge is -2.32. The van der Waals surface area contributed by atoms with E-state index in [1.54, 1.807) is 0 Å². The molecule has 0 heterocycles. The number of nitrogens with two attached hydrogens (primary N) is 1. The van der Waals surface area contributed by atoms with Gasteiger partial charge in [0.1, 0.15) is 5.75 Å². The van der Waals surface area contributed by atoms with E-state index in [9.17, 15) is 8.78 Å². The van der Waals surface area contributed by atoms with Gasteiger partial charge in [-0.3, -0.25) is 0 Å². The Labute approximate surface area is 99.8 Å². The van der Waals surface area contributed by atoms with Gasteiger partial charge < -0.3 is 10.5 Å². The summed E-state index contributed by atoms with van der Waals surface area (Å²) < 4.78 is 31.7. The molecule has 94 valence electrons. The molecule has 1 aromatic carbocycles. The summed E-state index contributed by atoms with van der Waals surface area (Å²) in [6, 6.07) is 2.31. The Balaban J connectivity index is 2.56. The molecule has 0 aromatic heterocycles. The summed E-state index contributed by atoms with van der Waals surface area (Å²) in [5.41, 5.74) is 6.04. The maximum Gasteiger partial charge on any atom is 0.162 e. The van der Waals surface area contributed by atoms with E-state index in [4.69, 9.17) is 10.5 Å². The fourth-order valence-electron chi connectivity index (χ4n) is 2.46. The highest BCUT2D eigenvalue weighted by atomic mass is 19.2. The fraction of sp³-hybridized carbons (Fsp3) is 0.538. The third-order valence-electron chi connectivity index (χ3n) is 3.74. The van der Waals surface area contributed by atoms with Crippen LogP contribution in [0, 0.1) is 11.6 Å². The maximum atomic E-state index is 13.4. The third kappa shape index (κ3) is 1.80. The molecular formula is C13H17F2NO. The van der Waals surface area contributed by atoms with Crippen LogP contribution in [0.3, 0.4) is 0 Å². The SMILES string of the molecule is COc1cc(F)c(F)cc1C1(C(C)(C)N)CC1. The van der Waals surface area contributed by atoms with Crippen LogP contribution < -0.4 is 10.5 Å². The van der Waals surface area contributed by atoms with E-state index in [-0.39, 0.29) is 5.41 Å². The highest BCUT2D eigenvalue weighted by Gasteiger charge is 2.55. The second-order valence-electron chi connectivity index (χ2n) is 5.27. The predicted molar refractivity (Wildman–Crippen MR) is 62.1 cm³/mol. The van der Waals surface area contributed by atoms with Gasteiger partial charge in [0.05, 0.1) is 7.11 Å². The van der Waals surface area contributed by atoms with Crippen molar-refractivity contribution in [2.75, 3.05) is 7.11 Å². The molecule has 0 radical (unpaired) electrons. The number of halogens is 2. The summed E-state index contributed by atoms with van der Waals surface area (Å²) in [5, 5.41) is 0. The monoisotopic (exact) mass is 241 g/mol. The zero-order valence-corrected chi connectivity index (χ0v) is 10.3. The van der Waals surface area contributed by atoms with Crippen LogP contribution in [0.1, 0.15) is 32.3 Å². The minimum Gasteiger partial charge on any atom is -0.496 e. The molecule has 1 aromatic rings. The fourth-order valence-corrected chi connectivity index (χ4v) is 2.46. The second-order valence-corrected chi connectivity index (χ2v) is 5.27. The van der Waals surface area contributed by atoms with Crippen molar-refractivity contribution in [2.24, 2.45) is 5.73 Å². The van der Waals surface area contributed by atoms with E-state index in [2.05, 4.69) is 0 Å². The molecule has 0 atom stereocenters. The molecule has 1 saturated carbocycles. The van der Waals surface area contributed by atoms with Gasteiger partial charge >= 0.3 is 0 Å². The van der Waals surface area contributed by atoms with Crippen LogP contribution in [0.15, 0.2) is 12.1 Å². The zero-order chi connectivity index (χ0) is 12.8. The Morgan fingerprint density at radius 2 is 1.76 bits per heavy atom. The highest BCUT2D eigenvalue weighted by molar-refractivity contribution is 5.46. The molecule has 0 spiro atoms. The number of hydrogen-bond donors (Lipinski definition) is 1. The van der Waals surface area contributed by atoms with Gasteiger partial charge in [0, 0.05) is 22.6 Å². The molecule has 0 unspecified atom stereocenters. The molecule has 2 rings (SSSR count). The van der Waals surface area contributed by atoms with Crippen molar-refractivity contribution in [1.29, 1.82) is 0 Å². The van der Waals surface area contributed by atoms with Gasteiger partial charge in [-0.2, -0.15) is 0 Å². The van der Waals surface area contributed by atoms with Gasteiger partial charge in [0.25, 0.3) is 0 Å². The van der Waals surface area contributed by atoms with Crippen LogP contribution >= 0.6 is 0 Å². The molecule has 4 heteroatoms. The van der Waals surface area contributed by atoms with Crippen molar-refractivity contribution in [3.05, 3.63) is 29.3 Å². The van der Waals surface area contributed by atoms with Crippen LogP contribution in [0.25, 0.3) is 0 Å². The molecule has 1 aliphatic carbocycles. The number of ether oxygens (including phenoxy) is 1. The Morgan fingerprint density at radius 3 is 2.18 bits per heavy atom. The highest BCUT2D eigenvalue weighted by Crippen LogP contribution is 2.57. The average molecular weight is 241 g/mol. The van der Waals surface area contributed by atoms with Crippen molar-refractivity contribution in [1.82, 2.24) is 0 Å². The molecule has 0 bridgehead atoms. The minimum absolute atomic E-state index is 0.299. The van der Waals surface area contributed by atoms with E-state index in [1.807, 2.05) is 13.8 Å². The summed E-state index contributed by atoms with van der Waals surface area (Å²) in [6.45, 7) is 3.81.